The molecule has 0 aromatic heterocycles. The Morgan fingerprint density at radius 1 is 1.26 bits per heavy atom. The first-order valence-electron chi connectivity index (χ1n) is 8.16. The van der Waals surface area contributed by atoms with Gasteiger partial charge in [-0.1, -0.05) is 12.1 Å². The van der Waals surface area contributed by atoms with Crippen molar-refractivity contribution in [1.82, 2.24) is 9.80 Å². The molecule has 1 amide bonds. The highest BCUT2D eigenvalue weighted by molar-refractivity contribution is 5.76. The molecule has 0 spiro atoms. The summed E-state index contributed by atoms with van der Waals surface area (Å²) in [5.41, 5.74) is 0.988. The fourth-order valence-corrected chi connectivity index (χ4v) is 3.37. The van der Waals surface area contributed by atoms with Crippen molar-refractivity contribution in [2.45, 2.75) is 25.0 Å². The molecule has 2 atom stereocenters. The first-order valence-corrected chi connectivity index (χ1v) is 8.16. The van der Waals surface area contributed by atoms with Crippen LogP contribution in [-0.2, 0) is 9.53 Å². The zero-order chi connectivity index (χ0) is 16.2. The van der Waals surface area contributed by atoms with Crippen molar-refractivity contribution in [1.29, 1.82) is 0 Å². The largest absolute Gasteiger partial charge is 0.392 e. The van der Waals surface area contributed by atoms with Crippen LogP contribution >= 0.6 is 0 Å². The number of benzene rings is 1. The average molecular weight is 322 g/mol. The first-order chi connectivity index (χ1) is 11.1. The molecule has 0 bridgehead atoms. The van der Waals surface area contributed by atoms with Gasteiger partial charge in [-0.3, -0.25) is 9.69 Å². The lowest BCUT2D eigenvalue weighted by Crippen LogP contribution is -2.42. The number of aliphatic hydroxyl groups excluding tert-OH is 1. The van der Waals surface area contributed by atoms with Crippen LogP contribution in [0.1, 0.15) is 24.4 Å². The molecule has 0 aliphatic carbocycles. The zero-order valence-electron chi connectivity index (χ0n) is 13.2. The molecule has 2 saturated heterocycles. The number of hydrogen-bond donors (Lipinski definition) is 1. The van der Waals surface area contributed by atoms with Crippen molar-refractivity contribution in [3.63, 3.8) is 0 Å². The molecular formula is C17H23FN2O3. The lowest BCUT2D eigenvalue weighted by Gasteiger charge is -2.29. The predicted molar refractivity (Wildman–Crippen MR) is 83.4 cm³/mol. The van der Waals surface area contributed by atoms with E-state index in [-0.39, 0.29) is 17.8 Å². The molecule has 2 aliphatic heterocycles. The molecule has 2 aliphatic rings. The van der Waals surface area contributed by atoms with Crippen LogP contribution in [0, 0.1) is 5.82 Å². The maximum Gasteiger partial charge on any atom is 0.224 e. The smallest absolute Gasteiger partial charge is 0.224 e. The average Bonchev–Trinajstić information content (AvgIpc) is 2.95. The maximum atomic E-state index is 13.1. The molecule has 0 saturated carbocycles. The van der Waals surface area contributed by atoms with Crippen molar-refractivity contribution < 1.29 is 19.0 Å². The van der Waals surface area contributed by atoms with Crippen molar-refractivity contribution in [2.24, 2.45) is 0 Å². The Balaban J connectivity index is 1.58. The second-order valence-electron chi connectivity index (χ2n) is 6.19. The van der Waals surface area contributed by atoms with Crippen LogP contribution in [0.5, 0.6) is 0 Å². The molecule has 126 valence electrons. The summed E-state index contributed by atoms with van der Waals surface area (Å²) >= 11 is 0. The summed E-state index contributed by atoms with van der Waals surface area (Å²) in [4.78, 5) is 16.2. The molecule has 6 heteroatoms. The van der Waals surface area contributed by atoms with E-state index in [2.05, 4.69) is 4.90 Å². The normalized spacial score (nSPS) is 25.7. The maximum absolute atomic E-state index is 13.1. The molecule has 0 unspecified atom stereocenters. The van der Waals surface area contributed by atoms with Gasteiger partial charge in [0.1, 0.15) is 5.82 Å². The van der Waals surface area contributed by atoms with Gasteiger partial charge in [-0.05, 0) is 24.1 Å². The van der Waals surface area contributed by atoms with Crippen LogP contribution in [0.15, 0.2) is 24.3 Å². The molecule has 3 rings (SSSR count). The molecule has 23 heavy (non-hydrogen) atoms. The number of carbonyl (C=O) groups is 1. The first kappa shape index (κ1) is 16.4. The number of halogens is 1. The number of β-amino-alcohol motifs (C(OH)–C–C–N with tert-alkyl or cyclic N) is 1. The Morgan fingerprint density at radius 2 is 1.96 bits per heavy atom. The summed E-state index contributed by atoms with van der Waals surface area (Å²) in [5, 5.41) is 9.97. The molecule has 0 radical (unpaired) electrons. The minimum absolute atomic E-state index is 0.0445. The highest BCUT2D eigenvalue weighted by Crippen LogP contribution is 2.32. The van der Waals surface area contributed by atoms with Gasteiger partial charge in [0.05, 0.1) is 19.3 Å². The van der Waals surface area contributed by atoms with Gasteiger partial charge in [-0.25, -0.2) is 4.39 Å². The summed E-state index contributed by atoms with van der Waals surface area (Å²) < 4.78 is 18.3. The van der Waals surface area contributed by atoms with Gasteiger partial charge in [0.25, 0.3) is 0 Å². The van der Waals surface area contributed by atoms with Gasteiger partial charge in [0.15, 0.2) is 0 Å². The van der Waals surface area contributed by atoms with E-state index in [0.29, 0.717) is 52.2 Å². The van der Waals surface area contributed by atoms with E-state index in [4.69, 9.17) is 4.74 Å². The van der Waals surface area contributed by atoms with E-state index in [1.165, 1.54) is 12.1 Å². The monoisotopic (exact) mass is 322 g/mol. The minimum atomic E-state index is -0.399. The highest BCUT2D eigenvalue weighted by Gasteiger charge is 2.32. The number of amides is 1. The third kappa shape index (κ3) is 4.07. The van der Waals surface area contributed by atoms with E-state index < -0.39 is 6.10 Å². The van der Waals surface area contributed by atoms with Gasteiger partial charge in [0.2, 0.25) is 5.91 Å². The predicted octanol–water partition coefficient (Wildman–Crippen LogP) is 1.18. The molecule has 1 aromatic rings. The Kier molecular flexibility index (Phi) is 5.25. The Bertz CT molecular complexity index is 531. The number of rotatable bonds is 4. The quantitative estimate of drug-likeness (QED) is 0.904. The van der Waals surface area contributed by atoms with Gasteiger partial charge in [0, 0.05) is 38.6 Å². The van der Waals surface area contributed by atoms with E-state index >= 15 is 0 Å². The third-order valence-corrected chi connectivity index (χ3v) is 4.61. The van der Waals surface area contributed by atoms with Crippen molar-refractivity contribution in [2.75, 3.05) is 39.4 Å². The van der Waals surface area contributed by atoms with Gasteiger partial charge >= 0.3 is 0 Å². The molecule has 2 fully saturated rings. The van der Waals surface area contributed by atoms with E-state index in [1.54, 1.807) is 12.1 Å². The highest BCUT2D eigenvalue weighted by atomic mass is 19.1. The van der Waals surface area contributed by atoms with Crippen molar-refractivity contribution >= 4 is 5.91 Å². The van der Waals surface area contributed by atoms with Crippen LogP contribution in [0.4, 0.5) is 4.39 Å². The van der Waals surface area contributed by atoms with Crippen LogP contribution in [0.3, 0.4) is 0 Å². The summed E-state index contributed by atoms with van der Waals surface area (Å²) in [6.45, 7) is 3.68. The summed E-state index contributed by atoms with van der Waals surface area (Å²) in [6.07, 6.45) is 0.658. The third-order valence-electron chi connectivity index (χ3n) is 4.61. The van der Waals surface area contributed by atoms with Crippen molar-refractivity contribution in [3.05, 3.63) is 35.6 Å². The zero-order valence-corrected chi connectivity index (χ0v) is 13.2. The summed E-state index contributed by atoms with van der Waals surface area (Å²) in [6, 6.07) is 6.45. The van der Waals surface area contributed by atoms with Crippen LogP contribution < -0.4 is 0 Å². The molecule has 1 aromatic carbocycles. The number of ether oxygens (including phenoxy) is 1. The van der Waals surface area contributed by atoms with Gasteiger partial charge in [-0.15, -0.1) is 0 Å². The lowest BCUT2D eigenvalue weighted by molar-refractivity contribution is -0.135. The number of morpholine rings is 1. The van der Waals surface area contributed by atoms with Crippen LogP contribution in [0.25, 0.3) is 0 Å². The standard InChI is InChI=1S/C17H23FN2O3/c18-14-3-1-13(2-4-14)16-11-15(21)12-20(16)6-5-17(22)19-7-9-23-10-8-19/h1-4,15-16,21H,5-12H2/t15-,16+/m0/s1. The fourth-order valence-electron chi connectivity index (χ4n) is 3.37. The van der Waals surface area contributed by atoms with Crippen molar-refractivity contribution in [3.8, 4) is 0 Å². The van der Waals surface area contributed by atoms with Gasteiger partial charge in [-0.2, -0.15) is 0 Å². The van der Waals surface area contributed by atoms with Crippen LogP contribution in [-0.4, -0.2) is 66.3 Å². The topological polar surface area (TPSA) is 53.0 Å². The second-order valence-corrected chi connectivity index (χ2v) is 6.19. The Hall–Kier alpha value is -1.50. The molecule has 5 nitrogen and oxygen atoms in total. The van der Waals surface area contributed by atoms with E-state index in [1.807, 2.05) is 4.90 Å². The Labute approximate surface area is 135 Å². The number of carbonyl (C=O) groups excluding carboxylic acids is 1. The van der Waals surface area contributed by atoms with E-state index in [0.717, 1.165) is 5.56 Å². The fraction of sp³-hybridized carbons (Fsp3) is 0.588. The molecule has 2 heterocycles. The number of aliphatic hydroxyl groups is 1. The lowest BCUT2D eigenvalue weighted by atomic mass is 10.0. The van der Waals surface area contributed by atoms with E-state index in [9.17, 15) is 14.3 Å². The SMILES string of the molecule is O=C(CCN1C[C@@H](O)C[C@@H]1c1ccc(F)cc1)N1CCOCC1. The summed E-state index contributed by atoms with van der Waals surface area (Å²) in [5.74, 6) is -0.131. The Morgan fingerprint density at radius 3 is 2.65 bits per heavy atom. The minimum Gasteiger partial charge on any atom is -0.392 e. The molecule has 1 N–H and O–H groups in total. The number of hydrogen-bond acceptors (Lipinski definition) is 4. The summed E-state index contributed by atoms with van der Waals surface area (Å²) in [7, 11) is 0. The molecular weight excluding hydrogens is 299 g/mol. The van der Waals surface area contributed by atoms with Crippen LogP contribution in [0.2, 0.25) is 0 Å². The number of nitrogens with zero attached hydrogens (tertiary/aromatic N) is 2. The van der Waals surface area contributed by atoms with Gasteiger partial charge < -0.3 is 14.7 Å². The number of likely N-dealkylation sites (tertiary alicyclic amines) is 1. The second kappa shape index (κ2) is 7.38.